The molecule has 2 N–H and O–H groups in total. The van der Waals surface area contributed by atoms with E-state index in [0.29, 0.717) is 6.42 Å². The van der Waals surface area contributed by atoms with Gasteiger partial charge < -0.3 is 0 Å². The Labute approximate surface area is 156 Å². The van der Waals surface area contributed by atoms with Crippen molar-refractivity contribution in [3.63, 3.8) is 0 Å². The molecule has 0 saturated heterocycles. The molecule has 0 aliphatic heterocycles. The van der Waals surface area contributed by atoms with Crippen LogP contribution in [0.15, 0.2) is 18.5 Å². The quantitative estimate of drug-likeness (QED) is 0.255. The number of nitrogens with zero attached hydrogens (tertiary/aromatic N) is 2. The summed E-state index contributed by atoms with van der Waals surface area (Å²) in [5.41, 5.74) is 5.18. The molecule has 0 unspecified atom stereocenters. The minimum Gasteiger partial charge on any atom is -0.292 e. The third-order valence-electron chi connectivity index (χ3n) is 4.34. The summed E-state index contributed by atoms with van der Waals surface area (Å²) in [6, 6.07) is 1.46. The number of hydrogen-bond donors (Lipinski definition) is 2. The van der Waals surface area contributed by atoms with Crippen molar-refractivity contribution in [1.82, 2.24) is 10.4 Å². The van der Waals surface area contributed by atoms with Gasteiger partial charge in [0.1, 0.15) is 11.9 Å². The first-order valence-corrected chi connectivity index (χ1v) is 9.78. The molecule has 1 amide bonds. The highest BCUT2D eigenvalue weighted by Gasteiger charge is 2.13. The van der Waals surface area contributed by atoms with E-state index in [-0.39, 0.29) is 17.3 Å². The van der Waals surface area contributed by atoms with E-state index < -0.39 is 4.92 Å². The van der Waals surface area contributed by atoms with Crippen LogP contribution in [-0.4, -0.2) is 15.8 Å². The van der Waals surface area contributed by atoms with Crippen LogP contribution in [0, 0.1) is 10.1 Å². The second-order valence-corrected chi connectivity index (χ2v) is 6.61. The maximum absolute atomic E-state index is 11.8. The number of carbonyl (C=O) groups excluding carboxylic acids is 1. The van der Waals surface area contributed by atoms with Crippen LogP contribution in [0.3, 0.4) is 0 Å². The first kappa shape index (κ1) is 21.9. The van der Waals surface area contributed by atoms with Crippen molar-refractivity contribution in [2.24, 2.45) is 0 Å². The van der Waals surface area contributed by atoms with Crippen LogP contribution in [0.5, 0.6) is 0 Å². The van der Waals surface area contributed by atoms with Gasteiger partial charge in [-0.15, -0.1) is 0 Å². The maximum Gasteiger partial charge on any atom is 0.312 e. The maximum atomic E-state index is 11.8. The molecule has 146 valence electrons. The second-order valence-electron chi connectivity index (χ2n) is 6.61. The van der Waals surface area contributed by atoms with E-state index in [0.717, 1.165) is 25.5 Å². The smallest absolute Gasteiger partial charge is 0.292 e. The van der Waals surface area contributed by atoms with Gasteiger partial charge in [0.2, 0.25) is 5.91 Å². The first-order valence-electron chi connectivity index (χ1n) is 9.78. The summed E-state index contributed by atoms with van der Waals surface area (Å²) in [6.45, 7) is 2.24. The van der Waals surface area contributed by atoms with E-state index >= 15 is 0 Å². The predicted octanol–water partition coefficient (Wildman–Crippen LogP) is 5.13. The van der Waals surface area contributed by atoms with Crippen molar-refractivity contribution in [2.45, 2.75) is 84.0 Å². The van der Waals surface area contributed by atoms with Gasteiger partial charge >= 0.3 is 5.69 Å². The molecule has 0 bridgehead atoms. The fourth-order valence-electron chi connectivity index (χ4n) is 2.79. The largest absolute Gasteiger partial charge is 0.312 e. The number of rotatable bonds is 15. The molecule has 1 aromatic heterocycles. The van der Waals surface area contributed by atoms with Crippen molar-refractivity contribution in [3.05, 3.63) is 28.6 Å². The van der Waals surface area contributed by atoms with E-state index in [4.69, 9.17) is 0 Å². The lowest BCUT2D eigenvalue weighted by Crippen LogP contribution is -2.29. The molecule has 7 nitrogen and oxygen atoms in total. The fourth-order valence-corrected chi connectivity index (χ4v) is 2.79. The minimum absolute atomic E-state index is 0.160. The zero-order chi connectivity index (χ0) is 19.0. The molecule has 0 spiro atoms. The number of hydrogen-bond acceptors (Lipinski definition) is 5. The minimum atomic E-state index is -0.536. The van der Waals surface area contributed by atoms with E-state index in [9.17, 15) is 14.9 Å². The standard InChI is InChI=1S/C19H32N4O3/c1-2-3-4-5-6-7-8-9-10-11-12-13-19(24)22-21-17-14-15-20-16-18(17)23(25)26/h14-16H,2-13H2,1H3,(H,20,21)(H,22,24). The molecular weight excluding hydrogens is 332 g/mol. The fraction of sp³-hybridized carbons (Fsp3) is 0.684. The third kappa shape index (κ3) is 9.96. The summed E-state index contributed by atoms with van der Waals surface area (Å²) >= 11 is 0. The number of pyridine rings is 1. The van der Waals surface area contributed by atoms with Crippen LogP contribution < -0.4 is 10.9 Å². The van der Waals surface area contributed by atoms with Crippen molar-refractivity contribution in [3.8, 4) is 0 Å². The Hall–Kier alpha value is -2.18. The second kappa shape index (κ2) is 14.0. The van der Waals surface area contributed by atoms with Crippen LogP contribution in [0.25, 0.3) is 0 Å². The normalized spacial score (nSPS) is 10.5. The molecule has 1 heterocycles. The highest BCUT2D eigenvalue weighted by atomic mass is 16.6. The Morgan fingerprint density at radius 1 is 1.04 bits per heavy atom. The Morgan fingerprint density at radius 3 is 2.19 bits per heavy atom. The molecule has 7 heteroatoms. The van der Waals surface area contributed by atoms with Crippen LogP contribution in [0.4, 0.5) is 11.4 Å². The lowest BCUT2D eigenvalue weighted by atomic mass is 10.1. The Morgan fingerprint density at radius 2 is 1.62 bits per heavy atom. The Kier molecular flexibility index (Phi) is 11.8. The molecule has 1 rings (SSSR count). The zero-order valence-electron chi connectivity index (χ0n) is 15.8. The summed E-state index contributed by atoms with van der Waals surface area (Å²) < 4.78 is 0. The van der Waals surface area contributed by atoms with E-state index in [1.807, 2.05) is 0 Å². The van der Waals surface area contributed by atoms with Gasteiger partial charge in [0.25, 0.3) is 0 Å². The summed E-state index contributed by atoms with van der Waals surface area (Å²) in [4.78, 5) is 25.8. The number of unbranched alkanes of at least 4 members (excludes halogenated alkanes) is 10. The Balaban J connectivity index is 2.02. The van der Waals surface area contributed by atoms with E-state index in [1.54, 1.807) is 0 Å². The van der Waals surface area contributed by atoms with Gasteiger partial charge in [0, 0.05) is 12.6 Å². The molecule has 0 aliphatic rings. The third-order valence-corrected chi connectivity index (χ3v) is 4.34. The van der Waals surface area contributed by atoms with Gasteiger partial charge in [-0.1, -0.05) is 71.1 Å². The monoisotopic (exact) mass is 364 g/mol. The highest BCUT2D eigenvalue weighted by Crippen LogP contribution is 2.20. The molecule has 26 heavy (non-hydrogen) atoms. The van der Waals surface area contributed by atoms with E-state index in [2.05, 4.69) is 22.8 Å². The molecule has 0 aromatic carbocycles. The zero-order valence-corrected chi connectivity index (χ0v) is 15.8. The number of hydrazine groups is 1. The van der Waals surface area contributed by atoms with Gasteiger partial charge in [-0.3, -0.25) is 30.7 Å². The van der Waals surface area contributed by atoms with Gasteiger partial charge in [-0.05, 0) is 12.5 Å². The molecular formula is C19H32N4O3. The van der Waals surface area contributed by atoms with Crippen molar-refractivity contribution in [2.75, 3.05) is 5.43 Å². The van der Waals surface area contributed by atoms with Gasteiger partial charge in [0.05, 0.1) is 4.92 Å². The van der Waals surface area contributed by atoms with Crippen LogP contribution in [-0.2, 0) is 4.79 Å². The van der Waals surface area contributed by atoms with Crippen molar-refractivity contribution in [1.29, 1.82) is 0 Å². The molecule has 0 saturated carbocycles. The number of nitrogens with one attached hydrogen (secondary N) is 2. The number of nitro groups is 1. The van der Waals surface area contributed by atoms with Gasteiger partial charge in [-0.25, -0.2) is 0 Å². The lowest BCUT2D eigenvalue weighted by Gasteiger charge is -2.08. The lowest BCUT2D eigenvalue weighted by molar-refractivity contribution is -0.384. The first-order chi connectivity index (χ1) is 12.6. The summed E-state index contributed by atoms with van der Waals surface area (Å²) in [5.74, 6) is -0.160. The molecule has 0 aliphatic carbocycles. The topological polar surface area (TPSA) is 97.2 Å². The number of amides is 1. The summed E-state index contributed by atoms with van der Waals surface area (Å²) in [7, 11) is 0. The predicted molar refractivity (Wildman–Crippen MR) is 104 cm³/mol. The molecule has 0 atom stereocenters. The van der Waals surface area contributed by atoms with Crippen molar-refractivity contribution < 1.29 is 9.72 Å². The summed E-state index contributed by atoms with van der Waals surface area (Å²) in [6.07, 6.45) is 16.6. The average Bonchev–Trinajstić information content (AvgIpc) is 2.64. The number of carbonyl (C=O) groups is 1. The molecule has 0 fully saturated rings. The van der Waals surface area contributed by atoms with Crippen molar-refractivity contribution >= 4 is 17.3 Å². The van der Waals surface area contributed by atoms with E-state index in [1.165, 1.54) is 63.6 Å². The molecule has 1 aromatic rings. The van der Waals surface area contributed by atoms with Crippen LogP contribution in [0.1, 0.15) is 84.0 Å². The summed E-state index contributed by atoms with van der Waals surface area (Å²) in [5, 5.41) is 10.9. The van der Waals surface area contributed by atoms with Crippen LogP contribution in [0.2, 0.25) is 0 Å². The van der Waals surface area contributed by atoms with Crippen LogP contribution >= 0.6 is 0 Å². The number of aromatic nitrogens is 1. The SMILES string of the molecule is CCCCCCCCCCCCCC(=O)NNc1ccncc1[N+](=O)[O-]. The number of anilines is 1. The highest BCUT2D eigenvalue weighted by molar-refractivity contribution is 5.78. The van der Waals surface area contributed by atoms with Gasteiger partial charge in [0.15, 0.2) is 0 Å². The van der Waals surface area contributed by atoms with Gasteiger partial charge in [-0.2, -0.15) is 0 Å². The average molecular weight is 364 g/mol. The Bertz CT molecular complexity index is 537. The molecule has 0 radical (unpaired) electrons.